The first kappa shape index (κ1) is 14.9. The quantitative estimate of drug-likeness (QED) is 0.539. The van der Waals surface area contributed by atoms with Gasteiger partial charge in [0.25, 0.3) is 15.9 Å². The highest BCUT2D eigenvalue weighted by Crippen LogP contribution is 2.29. The van der Waals surface area contributed by atoms with E-state index in [0.29, 0.717) is 27.8 Å². The first-order valence-corrected chi connectivity index (χ1v) is 10.9. The number of amides is 1. The Morgan fingerprint density at radius 3 is 2.70 bits per heavy atom. The fourth-order valence-electron chi connectivity index (χ4n) is 2.66. The third kappa shape index (κ3) is 4.14. The normalized spacial score (nSPS) is 14.7. The summed E-state index contributed by atoms with van der Waals surface area (Å²) in [6, 6.07) is 2.43. The van der Waals surface area contributed by atoms with Gasteiger partial charge >= 0.3 is 0 Å². The Morgan fingerprint density at radius 1 is 1.33 bits per heavy atom. The van der Waals surface area contributed by atoms with Crippen molar-refractivity contribution in [2.24, 2.45) is 0 Å². The lowest BCUT2D eigenvalue weighted by atomic mass is 10.0. The smallest absolute Gasteiger partial charge is 0.267 e. The molecule has 0 saturated heterocycles. The number of carbonyl (C=O) groups excluding carboxylic acids is 2. The molecule has 30 heavy (non-hydrogen) atoms. The third-order valence-corrected chi connectivity index (χ3v) is 6.47. The van der Waals surface area contributed by atoms with Crippen LogP contribution in [-0.2, 0) is 10.0 Å². The van der Waals surface area contributed by atoms with Crippen LogP contribution >= 0.6 is 11.3 Å². The van der Waals surface area contributed by atoms with Gasteiger partial charge in [0.15, 0.2) is 8.61 Å². The maximum absolute atomic E-state index is 13.3. The van der Waals surface area contributed by atoms with Crippen LogP contribution in [0.5, 0.6) is 0 Å². The number of nitrogens with zero attached hydrogens (tertiary/aromatic N) is 1. The van der Waals surface area contributed by atoms with E-state index in [1.165, 1.54) is 25.3 Å². The van der Waals surface area contributed by atoms with Crippen molar-refractivity contribution in [3.05, 3.63) is 56.4 Å². The number of hydrogen-bond acceptors (Lipinski definition) is 7. The molecule has 2 N–H and O–H groups in total. The minimum absolute atomic E-state index is 0.0717. The molecule has 2 aromatic heterocycles. The van der Waals surface area contributed by atoms with Crippen LogP contribution in [0.1, 0.15) is 54.8 Å². The largest absolute Gasteiger partial charge is 0.337 e. The molecule has 0 radical (unpaired) electrons. The minimum atomic E-state index is -4.79. The lowest BCUT2D eigenvalue weighted by Gasteiger charge is -2.14. The molecule has 3 rings (SSSR count). The molecule has 2 heterocycles. The van der Waals surface area contributed by atoms with Gasteiger partial charge in [-0.05, 0) is 63.2 Å². The van der Waals surface area contributed by atoms with Crippen molar-refractivity contribution < 1.29 is 30.8 Å². The molecule has 0 aliphatic carbocycles. The lowest BCUT2D eigenvalue weighted by molar-refractivity contribution is 0.101. The number of aryl methyl sites for hydroxylation is 3. The molecule has 1 aromatic carbocycles. The van der Waals surface area contributed by atoms with Crippen molar-refractivity contribution in [2.45, 2.75) is 39.4 Å². The van der Waals surface area contributed by atoms with Gasteiger partial charge in [0.05, 0.1) is 12.8 Å². The van der Waals surface area contributed by atoms with Crippen LogP contribution in [0.2, 0.25) is 2.82 Å². The van der Waals surface area contributed by atoms with Crippen LogP contribution in [0, 0.1) is 27.6 Å². The van der Waals surface area contributed by atoms with Crippen LogP contribution in [0.4, 0.5) is 11.6 Å². The van der Waals surface area contributed by atoms with Crippen molar-refractivity contribution in [1.82, 2.24) is 5.16 Å². The minimum Gasteiger partial charge on any atom is -0.337 e. The van der Waals surface area contributed by atoms with Gasteiger partial charge in [-0.1, -0.05) is 11.2 Å². The van der Waals surface area contributed by atoms with E-state index in [-0.39, 0.29) is 27.6 Å². The van der Waals surface area contributed by atoms with E-state index in [4.69, 9.17) is 12.8 Å². The maximum atomic E-state index is 13.3. The molecule has 0 atom stereocenters. The van der Waals surface area contributed by atoms with Crippen molar-refractivity contribution >= 4 is 44.6 Å². The number of anilines is 2. The average Bonchev–Trinajstić information content (AvgIpc) is 3.41. The van der Waals surface area contributed by atoms with Gasteiger partial charge in [-0.3, -0.25) is 9.59 Å². The number of benzene rings is 1. The summed E-state index contributed by atoms with van der Waals surface area (Å²) in [7, 11) is -4.79. The van der Waals surface area contributed by atoms with Crippen molar-refractivity contribution in [3.63, 3.8) is 0 Å². The summed E-state index contributed by atoms with van der Waals surface area (Å²) in [5.41, 5.74) is -0.200. The van der Waals surface area contributed by atoms with E-state index >= 15 is 0 Å². The molecular formula is C20H21N3O5S2. The number of ketones is 1. The molecule has 0 unspecified atom stereocenters. The Morgan fingerprint density at radius 2 is 2.07 bits per heavy atom. The van der Waals surface area contributed by atoms with Crippen LogP contribution < -0.4 is 10.0 Å². The molecular weight excluding hydrogens is 426 g/mol. The number of thiophene rings is 1. The zero-order valence-corrected chi connectivity index (χ0v) is 18.1. The van der Waals surface area contributed by atoms with Crippen LogP contribution in [0.3, 0.4) is 0 Å². The second-order valence-corrected chi connectivity index (χ2v) is 8.96. The predicted octanol–water partition coefficient (Wildman–Crippen LogP) is 4.23. The second kappa shape index (κ2) is 8.04. The molecule has 0 saturated carbocycles. The monoisotopic (exact) mass is 453 g/mol. The van der Waals surface area contributed by atoms with Crippen LogP contribution in [0.15, 0.2) is 33.0 Å². The Labute approximate surface area is 186 Å². The standard InChI is InChI=1S/C20H21N3O5S2/c1-10-8-11(2)17(15(9-10)14(5)24)21-19(25)18-16(6-7-29-18)30(26,27)23-20-12(3)13(4)22-28-20/h6-9,23H,1-5H3,(H,21,25)/i4D3,9D/hD2. The van der Waals surface area contributed by atoms with Gasteiger partial charge < -0.3 is 9.83 Å². The van der Waals surface area contributed by atoms with E-state index < -0.39 is 49.9 Å². The molecule has 0 aliphatic rings. The molecule has 158 valence electrons. The van der Waals surface area contributed by atoms with Crippen LogP contribution in [-0.4, -0.2) is 25.3 Å². The topological polar surface area (TPSA) is 118 Å². The Hall–Kier alpha value is -2.98. The molecule has 0 spiro atoms. The maximum Gasteiger partial charge on any atom is 0.267 e. The second-order valence-electron chi connectivity index (χ2n) is 6.47. The van der Waals surface area contributed by atoms with Crippen molar-refractivity contribution in [3.8, 4) is 0 Å². The highest BCUT2D eigenvalue weighted by molar-refractivity contribution is 7.93. The van der Waals surface area contributed by atoms with Gasteiger partial charge in [0.1, 0.15) is 9.77 Å². The van der Waals surface area contributed by atoms with Gasteiger partial charge in [-0.15, -0.1) is 11.3 Å². The number of rotatable bonds is 6. The first-order valence-electron chi connectivity index (χ1n) is 11.4. The highest BCUT2D eigenvalue weighted by Gasteiger charge is 2.27. The number of sulfonamides is 1. The summed E-state index contributed by atoms with van der Waals surface area (Å²) < 4.78 is 78.3. The fourth-order valence-corrected chi connectivity index (χ4v) is 4.93. The Balaban J connectivity index is 2.08. The number of carbonyl (C=O) groups is 2. The summed E-state index contributed by atoms with van der Waals surface area (Å²) >= 11 is 0.693. The summed E-state index contributed by atoms with van der Waals surface area (Å²) in [6.45, 7) is 2.88. The molecule has 0 fully saturated rings. The number of Topliss-reactive ketones (excluding diaryl/α,β-unsaturated/α-hetero) is 1. The Bertz CT molecular complexity index is 1480. The molecule has 1 amide bonds. The third-order valence-electron chi connectivity index (χ3n) is 4.13. The molecule has 3 aromatic rings. The Kier molecular flexibility index (Phi) is 4.00. The number of aromatic nitrogens is 1. The van der Waals surface area contributed by atoms with Crippen LogP contribution in [0.25, 0.3) is 0 Å². The molecule has 0 aliphatic heterocycles. The van der Waals surface area contributed by atoms with E-state index in [0.717, 1.165) is 6.07 Å². The van der Waals surface area contributed by atoms with E-state index in [1.54, 1.807) is 13.8 Å². The SMILES string of the molecule is [2H]c1c(C)cc(C)c(N([2H])C(=O)c2sccc2S(=O)(=O)N([2H])c2onc(C([2H])([2H])[2H])c2C)c1C(C)=O. The van der Waals surface area contributed by atoms with E-state index in [2.05, 4.69) is 5.16 Å². The van der Waals surface area contributed by atoms with E-state index in [9.17, 15) is 18.0 Å². The van der Waals surface area contributed by atoms with Gasteiger partial charge in [-0.2, -0.15) is 0 Å². The van der Waals surface area contributed by atoms with Crippen molar-refractivity contribution in [1.29, 1.82) is 0 Å². The summed E-state index contributed by atoms with van der Waals surface area (Å²) in [4.78, 5) is 24.5. The average molecular weight is 454 g/mol. The highest BCUT2D eigenvalue weighted by atomic mass is 32.2. The van der Waals surface area contributed by atoms with Gasteiger partial charge in [-0.25, -0.2) is 13.1 Å². The summed E-state index contributed by atoms with van der Waals surface area (Å²) in [6.07, 6.45) is 0. The molecule has 8 nitrogen and oxygen atoms in total. The summed E-state index contributed by atoms with van der Waals surface area (Å²) in [5, 5.41) is 4.99. The molecule has 0 bridgehead atoms. The lowest BCUT2D eigenvalue weighted by Crippen LogP contribution is -2.20. The van der Waals surface area contributed by atoms with Gasteiger partial charge in [0.2, 0.25) is 5.88 Å². The van der Waals surface area contributed by atoms with E-state index in [1.807, 2.05) is 0 Å². The number of hydrogen-bond donors (Lipinski definition) is 2. The zero-order valence-electron chi connectivity index (χ0n) is 22.4. The first-order chi connectivity index (χ1) is 16.5. The van der Waals surface area contributed by atoms with Gasteiger partial charge in [0, 0.05) is 15.2 Å². The fraction of sp³-hybridized carbons (Fsp3) is 0.250. The zero-order chi connectivity index (χ0) is 27.3. The molecule has 10 heteroatoms. The predicted molar refractivity (Wildman–Crippen MR) is 115 cm³/mol. The summed E-state index contributed by atoms with van der Waals surface area (Å²) in [5.74, 6) is -2.32. The van der Waals surface area contributed by atoms with Crippen molar-refractivity contribution in [2.75, 3.05) is 10.0 Å². The number of nitrogens with one attached hydrogen (secondary N) is 2.